The predicted molar refractivity (Wildman–Crippen MR) is 150 cm³/mol. The van der Waals surface area contributed by atoms with Gasteiger partial charge in [-0.15, -0.1) is 0 Å². The van der Waals surface area contributed by atoms with Crippen LogP contribution in [0.3, 0.4) is 0 Å². The number of hydrogen-bond acceptors (Lipinski definition) is 23. The van der Waals surface area contributed by atoms with E-state index >= 15 is 0 Å². The molecule has 0 saturated heterocycles. The summed E-state index contributed by atoms with van der Waals surface area (Å²) in [6, 6.07) is 0.119. The normalized spacial score (nSPS) is 10.4. The Balaban J connectivity index is 2.58. The molecule has 0 fully saturated rings. The summed E-state index contributed by atoms with van der Waals surface area (Å²) in [5.41, 5.74) is -22.9. The maximum absolute atomic E-state index is 11.9. The fraction of sp³-hybridized carbons (Fsp3) is 0. The molecule has 0 aliphatic carbocycles. The molecule has 3 rings (SSSR count). The van der Waals surface area contributed by atoms with Crippen LogP contribution in [-0.2, 0) is 0 Å². The molecule has 0 bridgehead atoms. The van der Waals surface area contributed by atoms with Gasteiger partial charge >= 0.3 is 51.2 Å². The van der Waals surface area contributed by atoms with E-state index in [1.54, 1.807) is 5.32 Å². The van der Waals surface area contributed by atoms with E-state index in [0.717, 1.165) is 0 Å². The lowest BCUT2D eigenvalue weighted by atomic mass is 10.1. The van der Waals surface area contributed by atoms with Crippen LogP contribution in [0.5, 0.6) is 0 Å². The summed E-state index contributed by atoms with van der Waals surface area (Å²) in [6.45, 7) is 0. The van der Waals surface area contributed by atoms with Crippen LogP contribution in [0.25, 0.3) is 0 Å². The van der Waals surface area contributed by atoms with Crippen LogP contribution < -0.4 is 10.6 Å². The molecule has 258 valence electrons. The van der Waals surface area contributed by atoms with Crippen molar-refractivity contribution in [2.45, 2.75) is 0 Å². The van der Waals surface area contributed by atoms with Crippen LogP contribution in [0, 0.1) is 101 Å². The summed E-state index contributed by atoms with van der Waals surface area (Å²) in [5, 5.41) is 120. The van der Waals surface area contributed by atoms with Crippen molar-refractivity contribution >= 4 is 79.9 Å². The average Bonchev–Trinajstić information content (AvgIpc) is 2.98. The predicted octanol–water partition coefficient (Wildman–Crippen LogP) is 3.65. The highest BCUT2D eigenvalue weighted by molar-refractivity contribution is 5.97. The minimum Gasteiger partial charge on any atom is -0.323 e. The number of benzene rings is 2. The third-order valence-electron chi connectivity index (χ3n) is 5.83. The van der Waals surface area contributed by atoms with Crippen LogP contribution in [0.1, 0.15) is 0 Å². The van der Waals surface area contributed by atoms with E-state index in [2.05, 4.69) is 4.98 Å². The molecular weight excluding hydrogens is 706 g/mol. The zero-order chi connectivity index (χ0) is 38.1. The minimum atomic E-state index is -2.39. The molecule has 0 aliphatic heterocycles. The van der Waals surface area contributed by atoms with Crippen molar-refractivity contribution in [1.82, 2.24) is 4.98 Å². The molecule has 1 heterocycles. The molecule has 0 radical (unpaired) electrons. The quantitative estimate of drug-likeness (QED) is 0.178. The van der Waals surface area contributed by atoms with E-state index in [1.807, 2.05) is 0 Å². The SMILES string of the molecule is O=[N+]([O-])c1cc([N+](=O)[O-])c(Nc2nc(Nc3c([N+](=O)[O-])c([N+](=O)[O-])c([N+](=O)[O-])c([N+](=O)[O-])c3[N+](=O)[O-])c([N+](=O)[O-])cc2[N+](=O)[O-])c([N+](=O)[O-])c1. The molecule has 0 aliphatic rings. The number of anilines is 4. The molecule has 0 unspecified atom stereocenters. The summed E-state index contributed by atoms with van der Waals surface area (Å²) in [5.74, 6) is -3.22. The highest BCUT2D eigenvalue weighted by atomic mass is 16.7. The van der Waals surface area contributed by atoms with Gasteiger partial charge in [-0.2, -0.15) is 4.98 Å². The third kappa shape index (κ3) is 6.31. The lowest BCUT2D eigenvalue weighted by Crippen LogP contribution is -2.13. The van der Waals surface area contributed by atoms with Crippen LogP contribution in [0.15, 0.2) is 18.2 Å². The second kappa shape index (κ2) is 12.9. The zero-order valence-electron chi connectivity index (χ0n) is 22.8. The number of nitro benzene ring substituents is 8. The molecule has 0 atom stereocenters. The van der Waals surface area contributed by atoms with Gasteiger partial charge in [-0.3, -0.25) is 101 Å². The molecule has 2 aromatic carbocycles. The van der Waals surface area contributed by atoms with E-state index in [0.29, 0.717) is 0 Å². The first-order valence-corrected chi connectivity index (χ1v) is 11.6. The summed E-state index contributed by atoms with van der Waals surface area (Å²) >= 11 is 0. The Morgan fingerprint density at radius 1 is 0.360 bits per heavy atom. The highest BCUT2D eigenvalue weighted by Gasteiger charge is 2.55. The van der Waals surface area contributed by atoms with Crippen molar-refractivity contribution in [1.29, 1.82) is 0 Å². The van der Waals surface area contributed by atoms with E-state index in [4.69, 9.17) is 0 Å². The van der Waals surface area contributed by atoms with E-state index < -0.39 is 129 Å². The number of hydrogen-bond donors (Lipinski definition) is 2. The third-order valence-corrected chi connectivity index (χ3v) is 5.83. The number of nitrogens with zero attached hydrogens (tertiary/aromatic N) is 11. The second-order valence-electron chi connectivity index (χ2n) is 8.52. The summed E-state index contributed by atoms with van der Waals surface area (Å²) < 4.78 is 0. The topological polar surface area (TPSA) is 468 Å². The fourth-order valence-corrected chi connectivity index (χ4v) is 3.99. The van der Waals surface area contributed by atoms with Crippen molar-refractivity contribution < 1.29 is 49.2 Å². The molecule has 0 spiro atoms. The van der Waals surface area contributed by atoms with E-state index in [-0.39, 0.29) is 18.2 Å². The molecular formula is C17H5N13O20. The molecule has 2 N–H and O–H groups in total. The lowest BCUT2D eigenvalue weighted by molar-refractivity contribution is -0.459. The van der Waals surface area contributed by atoms with Crippen molar-refractivity contribution in [2.24, 2.45) is 0 Å². The van der Waals surface area contributed by atoms with Crippen molar-refractivity contribution in [3.8, 4) is 0 Å². The first kappa shape index (κ1) is 35.7. The van der Waals surface area contributed by atoms with Crippen LogP contribution >= 0.6 is 0 Å². The van der Waals surface area contributed by atoms with Gasteiger partial charge in [0.15, 0.2) is 5.69 Å². The Kier molecular flexibility index (Phi) is 9.20. The van der Waals surface area contributed by atoms with Gasteiger partial charge in [0.05, 0.1) is 61.4 Å². The first-order chi connectivity index (χ1) is 23.1. The Morgan fingerprint density at radius 2 is 0.660 bits per heavy atom. The molecule has 0 saturated carbocycles. The van der Waals surface area contributed by atoms with Gasteiger partial charge < -0.3 is 10.6 Å². The molecule has 33 nitrogen and oxygen atoms in total. The maximum atomic E-state index is 11.9. The van der Waals surface area contributed by atoms with Gasteiger partial charge in [0, 0.05) is 0 Å². The smallest absolute Gasteiger partial charge is 0.323 e. The minimum absolute atomic E-state index is 0.118. The standard InChI is InChI=1S/C17H5N13O20/c31-21(32)4-1-5(22(33)34)9(6(2-4)23(35)36)18-16-7(24(37)38)3-8(25(39)40)17(20-16)19-10-11(26(41)42)13(28(45)46)15(30(49)50)14(29(47)48)12(10)27(43)44/h1-3H,(H2,18,19,20). The number of nitro groups is 10. The Hall–Kier alpha value is -8.81. The van der Waals surface area contributed by atoms with Crippen LogP contribution in [0.2, 0.25) is 0 Å². The summed E-state index contributed by atoms with van der Waals surface area (Å²) in [4.78, 5) is 103. The molecule has 3 aromatic rings. The van der Waals surface area contributed by atoms with Gasteiger partial charge in [-0.05, 0) is 0 Å². The maximum Gasteiger partial charge on any atom is 0.437 e. The monoisotopic (exact) mass is 711 g/mol. The number of nitrogens with one attached hydrogen (secondary N) is 2. The van der Waals surface area contributed by atoms with Gasteiger partial charge in [0.25, 0.3) is 5.69 Å². The Morgan fingerprint density at radius 3 is 0.940 bits per heavy atom. The zero-order valence-corrected chi connectivity index (χ0v) is 22.8. The lowest BCUT2D eigenvalue weighted by Gasteiger charge is -2.12. The molecule has 0 amide bonds. The second-order valence-corrected chi connectivity index (χ2v) is 8.52. The van der Waals surface area contributed by atoms with Crippen molar-refractivity contribution in [3.05, 3.63) is 119 Å². The van der Waals surface area contributed by atoms with Gasteiger partial charge in [0.2, 0.25) is 17.3 Å². The number of pyridine rings is 1. The Labute approximate surface area is 264 Å². The van der Waals surface area contributed by atoms with Crippen LogP contribution in [-0.4, -0.2) is 54.2 Å². The number of aromatic nitrogens is 1. The molecule has 33 heteroatoms. The Bertz CT molecular complexity index is 2080. The largest absolute Gasteiger partial charge is 0.437 e. The summed E-state index contributed by atoms with van der Waals surface area (Å²) in [6.07, 6.45) is 0. The van der Waals surface area contributed by atoms with E-state index in [9.17, 15) is 101 Å². The first-order valence-electron chi connectivity index (χ1n) is 11.6. The van der Waals surface area contributed by atoms with Crippen molar-refractivity contribution in [3.63, 3.8) is 0 Å². The molecule has 1 aromatic heterocycles. The van der Waals surface area contributed by atoms with Crippen molar-refractivity contribution in [2.75, 3.05) is 10.6 Å². The average molecular weight is 711 g/mol. The van der Waals surface area contributed by atoms with E-state index in [1.165, 1.54) is 5.32 Å². The number of non-ortho nitro benzene ring substituents is 1. The van der Waals surface area contributed by atoms with Gasteiger partial charge in [-0.25, -0.2) is 0 Å². The van der Waals surface area contributed by atoms with Gasteiger partial charge in [0.1, 0.15) is 6.07 Å². The van der Waals surface area contributed by atoms with Crippen LogP contribution in [0.4, 0.5) is 79.9 Å². The molecule has 50 heavy (non-hydrogen) atoms. The van der Waals surface area contributed by atoms with Gasteiger partial charge in [-0.1, -0.05) is 0 Å². The summed E-state index contributed by atoms with van der Waals surface area (Å²) in [7, 11) is 0. The number of rotatable bonds is 14. The highest BCUT2D eigenvalue weighted by Crippen LogP contribution is 2.55. The fourth-order valence-electron chi connectivity index (χ4n) is 3.99.